The van der Waals surface area contributed by atoms with Crippen LogP contribution in [0, 0.1) is 23.7 Å². The maximum absolute atomic E-state index is 12.2. The number of carboxylic acids is 1. The first-order chi connectivity index (χ1) is 10.0. The van der Waals surface area contributed by atoms with Crippen molar-refractivity contribution < 1.29 is 19.5 Å². The molecule has 4 atom stereocenters. The van der Waals surface area contributed by atoms with Crippen molar-refractivity contribution in [2.24, 2.45) is 23.7 Å². The molecule has 6 nitrogen and oxygen atoms in total. The molecule has 3 N–H and O–H groups in total. The van der Waals surface area contributed by atoms with Crippen molar-refractivity contribution in [2.45, 2.75) is 26.2 Å². The lowest BCUT2D eigenvalue weighted by molar-refractivity contribution is -0.147. The van der Waals surface area contributed by atoms with E-state index in [2.05, 4.69) is 10.6 Å². The van der Waals surface area contributed by atoms with E-state index in [9.17, 15) is 19.5 Å². The fraction of sp³-hybridized carbons (Fsp3) is 0.667. The molecule has 21 heavy (non-hydrogen) atoms. The smallest absolute Gasteiger partial charge is 0.307 e. The summed E-state index contributed by atoms with van der Waals surface area (Å²) in [6.07, 6.45) is 5.69. The first kappa shape index (κ1) is 15.5. The molecule has 116 valence electrons. The second-order valence-corrected chi connectivity index (χ2v) is 5.73. The lowest BCUT2D eigenvalue weighted by Gasteiger charge is -2.23. The van der Waals surface area contributed by atoms with Crippen molar-refractivity contribution in [1.29, 1.82) is 0 Å². The van der Waals surface area contributed by atoms with Crippen LogP contribution in [0.15, 0.2) is 12.2 Å². The first-order valence-electron chi connectivity index (χ1n) is 7.50. The fourth-order valence-electron chi connectivity index (χ4n) is 3.29. The Labute approximate surface area is 124 Å². The van der Waals surface area contributed by atoms with E-state index in [0.29, 0.717) is 6.54 Å². The van der Waals surface area contributed by atoms with Gasteiger partial charge in [-0.3, -0.25) is 14.4 Å². The summed E-state index contributed by atoms with van der Waals surface area (Å²) in [4.78, 5) is 35.0. The number of rotatable bonds is 7. The van der Waals surface area contributed by atoms with Gasteiger partial charge in [0.25, 0.3) is 0 Å². The molecule has 0 radical (unpaired) electrons. The predicted molar refractivity (Wildman–Crippen MR) is 76.3 cm³/mol. The third kappa shape index (κ3) is 3.43. The number of hydrogen-bond donors (Lipinski definition) is 3. The Morgan fingerprint density at radius 3 is 2.38 bits per heavy atom. The van der Waals surface area contributed by atoms with Crippen LogP contribution in [0.2, 0.25) is 0 Å². The Hall–Kier alpha value is -1.85. The summed E-state index contributed by atoms with van der Waals surface area (Å²) in [6.45, 7) is 2.85. The van der Waals surface area contributed by atoms with Gasteiger partial charge < -0.3 is 15.7 Å². The Bertz CT molecular complexity index is 461. The highest BCUT2D eigenvalue weighted by Crippen LogP contribution is 2.48. The van der Waals surface area contributed by atoms with Gasteiger partial charge in [-0.1, -0.05) is 19.1 Å². The molecule has 2 bridgehead atoms. The molecule has 0 aromatic carbocycles. The van der Waals surface area contributed by atoms with Crippen molar-refractivity contribution in [3.05, 3.63) is 12.2 Å². The number of carbonyl (C=O) groups excluding carboxylic acids is 2. The van der Waals surface area contributed by atoms with E-state index in [1.807, 2.05) is 19.1 Å². The van der Waals surface area contributed by atoms with Gasteiger partial charge in [0.15, 0.2) is 0 Å². The van der Waals surface area contributed by atoms with Gasteiger partial charge in [0.05, 0.1) is 11.8 Å². The molecule has 0 saturated heterocycles. The van der Waals surface area contributed by atoms with Crippen molar-refractivity contribution in [3.63, 3.8) is 0 Å². The fourth-order valence-corrected chi connectivity index (χ4v) is 3.29. The Kier molecular flexibility index (Phi) is 4.98. The number of amides is 2. The number of hydrogen-bond acceptors (Lipinski definition) is 3. The van der Waals surface area contributed by atoms with Gasteiger partial charge in [-0.15, -0.1) is 0 Å². The van der Waals surface area contributed by atoms with Crippen LogP contribution in [0.3, 0.4) is 0 Å². The SMILES string of the molecule is CCCNC(=O)CCNC(=O)C1C2C=CC(C2)C1C(=O)O. The molecule has 0 heterocycles. The quantitative estimate of drug-likeness (QED) is 0.597. The lowest BCUT2D eigenvalue weighted by Crippen LogP contribution is -2.41. The summed E-state index contributed by atoms with van der Waals surface area (Å²) >= 11 is 0. The van der Waals surface area contributed by atoms with Crippen molar-refractivity contribution in [3.8, 4) is 0 Å². The zero-order valence-electron chi connectivity index (χ0n) is 12.2. The Balaban J connectivity index is 1.82. The highest BCUT2D eigenvalue weighted by atomic mass is 16.4. The van der Waals surface area contributed by atoms with E-state index in [1.165, 1.54) is 0 Å². The molecule has 0 aromatic rings. The van der Waals surface area contributed by atoms with Gasteiger partial charge in [-0.2, -0.15) is 0 Å². The molecular formula is C15H22N2O4. The molecule has 4 unspecified atom stereocenters. The summed E-state index contributed by atoms with van der Waals surface area (Å²) in [7, 11) is 0. The van der Waals surface area contributed by atoms with Crippen LogP contribution in [0.4, 0.5) is 0 Å². The molecule has 2 rings (SSSR count). The summed E-state index contributed by atoms with van der Waals surface area (Å²) in [5.74, 6) is -2.40. The third-order valence-corrected chi connectivity index (χ3v) is 4.27. The van der Waals surface area contributed by atoms with Gasteiger partial charge in [0.1, 0.15) is 0 Å². The van der Waals surface area contributed by atoms with Gasteiger partial charge in [0.2, 0.25) is 11.8 Å². The normalized spacial score (nSPS) is 29.4. The summed E-state index contributed by atoms with van der Waals surface area (Å²) in [5, 5.41) is 14.7. The highest BCUT2D eigenvalue weighted by Gasteiger charge is 2.51. The van der Waals surface area contributed by atoms with Crippen molar-refractivity contribution in [2.75, 3.05) is 13.1 Å². The minimum atomic E-state index is -0.910. The molecule has 1 saturated carbocycles. The van der Waals surface area contributed by atoms with E-state index < -0.39 is 17.8 Å². The van der Waals surface area contributed by atoms with Crippen LogP contribution in [0.25, 0.3) is 0 Å². The molecule has 6 heteroatoms. The minimum absolute atomic E-state index is 0.0185. The van der Waals surface area contributed by atoms with E-state index in [4.69, 9.17) is 0 Å². The van der Waals surface area contributed by atoms with Crippen molar-refractivity contribution in [1.82, 2.24) is 10.6 Å². The summed E-state index contributed by atoms with van der Waals surface area (Å²) < 4.78 is 0. The second-order valence-electron chi connectivity index (χ2n) is 5.73. The summed E-state index contributed by atoms with van der Waals surface area (Å²) in [6, 6.07) is 0. The average Bonchev–Trinajstić information content (AvgIpc) is 3.05. The molecular weight excluding hydrogens is 272 g/mol. The number of fused-ring (bicyclic) bond motifs is 2. The lowest BCUT2D eigenvalue weighted by atomic mass is 9.82. The predicted octanol–water partition coefficient (Wildman–Crippen LogP) is 0.542. The second kappa shape index (κ2) is 6.74. The zero-order valence-corrected chi connectivity index (χ0v) is 12.2. The molecule has 2 aliphatic rings. The van der Waals surface area contributed by atoms with E-state index in [0.717, 1.165) is 12.8 Å². The van der Waals surface area contributed by atoms with E-state index in [-0.39, 0.29) is 36.6 Å². The van der Waals surface area contributed by atoms with Crippen LogP contribution in [0.1, 0.15) is 26.2 Å². The maximum Gasteiger partial charge on any atom is 0.307 e. The van der Waals surface area contributed by atoms with Crippen LogP contribution >= 0.6 is 0 Å². The largest absolute Gasteiger partial charge is 0.481 e. The number of aliphatic carboxylic acids is 1. The Morgan fingerprint density at radius 1 is 1.10 bits per heavy atom. The topological polar surface area (TPSA) is 95.5 Å². The van der Waals surface area contributed by atoms with Crippen LogP contribution < -0.4 is 10.6 Å². The van der Waals surface area contributed by atoms with E-state index >= 15 is 0 Å². The summed E-state index contributed by atoms with van der Waals surface area (Å²) in [5.41, 5.74) is 0. The molecule has 2 amide bonds. The van der Waals surface area contributed by atoms with Crippen LogP contribution in [-0.4, -0.2) is 36.0 Å². The molecule has 2 aliphatic carbocycles. The minimum Gasteiger partial charge on any atom is -0.481 e. The molecule has 1 fully saturated rings. The number of nitrogens with one attached hydrogen (secondary N) is 2. The van der Waals surface area contributed by atoms with Crippen molar-refractivity contribution >= 4 is 17.8 Å². The number of carboxylic acid groups (broad SMARTS) is 1. The van der Waals surface area contributed by atoms with Crippen LogP contribution in [0.5, 0.6) is 0 Å². The standard InChI is InChI=1S/C15H22N2O4/c1-2-6-16-11(18)5-7-17-14(19)12-9-3-4-10(8-9)13(12)15(20)21/h3-4,9-10,12-13H,2,5-8H2,1H3,(H,16,18)(H,17,19)(H,20,21). The molecule has 0 aromatic heterocycles. The molecule has 0 spiro atoms. The van der Waals surface area contributed by atoms with E-state index in [1.54, 1.807) is 0 Å². The Morgan fingerprint density at radius 2 is 1.76 bits per heavy atom. The zero-order chi connectivity index (χ0) is 15.4. The number of allylic oxidation sites excluding steroid dienone is 2. The van der Waals surface area contributed by atoms with Crippen LogP contribution in [-0.2, 0) is 14.4 Å². The van der Waals surface area contributed by atoms with Gasteiger partial charge >= 0.3 is 5.97 Å². The van der Waals surface area contributed by atoms with Gasteiger partial charge in [0, 0.05) is 19.5 Å². The average molecular weight is 294 g/mol. The third-order valence-electron chi connectivity index (χ3n) is 4.27. The highest BCUT2D eigenvalue weighted by molar-refractivity contribution is 5.87. The van der Waals surface area contributed by atoms with Gasteiger partial charge in [-0.25, -0.2) is 0 Å². The maximum atomic E-state index is 12.2. The monoisotopic (exact) mass is 294 g/mol. The first-order valence-corrected chi connectivity index (χ1v) is 7.50. The molecule has 0 aliphatic heterocycles. The number of carbonyl (C=O) groups is 3. The van der Waals surface area contributed by atoms with Gasteiger partial charge in [-0.05, 0) is 24.7 Å².